The lowest BCUT2D eigenvalue weighted by Crippen LogP contribution is -2.33. The van der Waals surface area contributed by atoms with Gasteiger partial charge in [0.05, 0.1) is 0 Å². The third-order valence-corrected chi connectivity index (χ3v) is 3.73. The minimum absolute atomic E-state index is 0. The van der Waals surface area contributed by atoms with Gasteiger partial charge in [0.2, 0.25) is 5.91 Å². The van der Waals surface area contributed by atoms with Gasteiger partial charge >= 0.3 is 0 Å². The zero-order valence-corrected chi connectivity index (χ0v) is 10.1. The van der Waals surface area contributed by atoms with Gasteiger partial charge in [-0.15, -0.1) is 12.4 Å². The van der Waals surface area contributed by atoms with Crippen molar-refractivity contribution in [3.8, 4) is 0 Å². The minimum atomic E-state index is 0. The minimum Gasteiger partial charge on any atom is -0.342 e. The summed E-state index contributed by atoms with van der Waals surface area (Å²) in [5.41, 5.74) is 6.02. The SMILES string of the molecule is CCCC(=O)N1C[C@@H]2CCC(N)[C@@H]2C1.Cl. The standard InChI is InChI=1S/C11H20N2O.ClH/c1-2-3-11(14)13-6-8-4-5-10(12)9(8)7-13;/h8-10H,2-7,12H2,1H3;1H/t8-,9+,10?;/m0./s1. The van der Waals surface area contributed by atoms with Crippen molar-refractivity contribution in [2.24, 2.45) is 17.6 Å². The van der Waals surface area contributed by atoms with Crippen LogP contribution in [0.1, 0.15) is 32.6 Å². The van der Waals surface area contributed by atoms with Gasteiger partial charge in [0.25, 0.3) is 0 Å². The van der Waals surface area contributed by atoms with E-state index < -0.39 is 0 Å². The Bertz CT molecular complexity index is 235. The van der Waals surface area contributed by atoms with Gasteiger partial charge in [0.1, 0.15) is 0 Å². The largest absolute Gasteiger partial charge is 0.342 e. The first-order valence-electron chi connectivity index (χ1n) is 5.75. The summed E-state index contributed by atoms with van der Waals surface area (Å²) in [5.74, 6) is 1.62. The molecular formula is C11H21ClN2O. The summed E-state index contributed by atoms with van der Waals surface area (Å²) in [7, 11) is 0. The van der Waals surface area contributed by atoms with Crippen molar-refractivity contribution in [3.05, 3.63) is 0 Å². The highest BCUT2D eigenvalue weighted by molar-refractivity contribution is 5.85. The fourth-order valence-corrected chi connectivity index (χ4v) is 2.88. The summed E-state index contributed by atoms with van der Waals surface area (Å²) < 4.78 is 0. The molecule has 88 valence electrons. The van der Waals surface area contributed by atoms with Crippen molar-refractivity contribution in [3.63, 3.8) is 0 Å². The molecule has 0 spiro atoms. The van der Waals surface area contributed by atoms with Crippen LogP contribution in [-0.2, 0) is 4.79 Å². The molecule has 0 aromatic carbocycles. The van der Waals surface area contributed by atoms with Crippen molar-refractivity contribution in [2.75, 3.05) is 13.1 Å². The Morgan fingerprint density at radius 1 is 1.40 bits per heavy atom. The van der Waals surface area contributed by atoms with Gasteiger partial charge in [-0.25, -0.2) is 0 Å². The number of nitrogens with zero attached hydrogens (tertiary/aromatic N) is 1. The molecule has 1 saturated carbocycles. The molecule has 0 aromatic heterocycles. The Balaban J connectivity index is 0.00000112. The lowest BCUT2D eigenvalue weighted by molar-refractivity contribution is -0.130. The van der Waals surface area contributed by atoms with Gasteiger partial charge in [-0.05, 0) is 31.1 Å². The maximum atomic E-state index is 11.7. The van der Waals surface area contributed by atoms with Crippen LogP contribution < -0.4 is 5.73 Å². The Morgan fingerprint density at radius 2 is 2.13 bits per heavy atom. The van der Waals surface area contributed by atoms with Crippen molar-refractivity contribution in [1.29, 1.82) is 0 Å². The van der Waals surface area contributed by atoms with E-state index in [1.807, 2.05) is 4.90 Å². The van der Waals surface area contributed by atoms with Crippen molar-refractivity contribution in [1.82, 2.24) is 4.90 Å². The van der Waals surface area contributed by atoms with Gasteiger partial charge < -0.3 is 10.6 Å². The van der Waals surface area contributed by atoms with Crippen molar-refractivity contribution in [2.45, 2.75) is 38.6 Å². The highest BCUT2D eigenvalue weighted by Crippen LogP contribution is 2.37. The average Bonchev–Trinajstić information content (AvgIpc) is 2.69. The number of amides is 1. The topological polar surface area (TPSA) is 46.3 Å². The van der Waals surface area contributed by atoms with Crippen LogP contribution in [0.2, 0.25) is 0 Å². The average molecular weight is 233 g/mol. The first-order valence-corrected chi connectivity index (χ1v) is 5.75. The van der Waals surface area contributed by atoms with Gasteiger partial charge in [-0.3, -0.25) is 4.79 Å². The summed E-state index contributed by atoms with van der Waals surface area (Å²) in [6.07, 6.45) is 4.04. The fourth-order valence-electron chi connectivity index (χ4n) is 2.88. The molecule has 2 fully saturated rings. The summed E-state index contributed by atoms with van der Waals surface area (Å²) in [5, 5.41) is 0. The fraction of sp³-hybridized carbons (Fsp3) is 0.909. The van der Waals surface area contributed by atoms with E-state index in [4.69, 9.17) is 5.73 Å². The van der Waals surface area contributed by atoms with Crippen LogP contribution >= 0.6 is 12.4 Å². The second kappa shape index (κ2) is 5.17. The van der Waals surface area contributed by atoms with Gasteiger partial charge in [-0.1, -0.05) is 6.92 Å². The van der Waals surface area contributed by atoms with Crippen molar-refractivity contribution >= 4 is 18.3 Å². The lowest BCUT2D eigenvalue weighted by Gasteiger charge is -2.18. The number of likely N-dealkylation sites (tertiary alicyclic amines) is 1. The first-order chi connectivity index (χ1) is 6.72. The van der Waals surface area contributed by atoms with Gasteiger partial charge in [-0.2, -0.15) is 0 Å². The third-order valence-electron chi connectivity index (χ3n) is 3.73. The maximum absolute atomic E-state index is 11.7. The highest BCUT2D eigenvalue weighted by atomic mass is 35.5. The molecule has 1 heterocycles. The highest BCUT2D eigenvalue weighted by Gasteiger charge is 2.41. The normalized spacial score (nSPS) is 33.7. The number of halogens is 1. The summed E-state index contributed by atoms with van der Waals surface area (Å²) in [6.45, 7) is 3.95. The number of rotatable bonds is 2. The molecular weight excluding hydrogens is 212 g/mol. The van der Waals surface area contributed by atoms with E-state index in [0.29, 0.717) is 30.2 Å². The van der Waals surface area contributed by atoms with E-state index in [2.05, 4.69) is 6.92 Å². The second-order valence-corrected chi connectivity index (χ2v) is 4.71. The zero-order chi connectivity index (χ0) is 10.1. The number of nitrogens with two attached hydrogens (primary N) is 1. The maximum Gasteiger partial charge on any atom is 0.222 e. The van der Waals surface area contributed by atoms with Crippen LogP contribution in [0.3, 0.4) is 0 Å². The Kier molecular flexibility index (Phi) is 4.41. The van der Waals surface area contributed by atoms with Crippen LogP contribution in [-0.4, -0.2) is 29.9 Å². The smallest absolute Gasteiger partial charge is 0.222 e. The summed E-state index contributed by atoms with van der Waals surface area (Å²) in [6, 6.07) is 0.347. The number of hydrogen-bond donors (Lipinski definition) is 1. The van der Waals surface area contributed by atoms with Crippen LogP contribution in [0, 0.1) is 11.8 Å². The Morgan fingerprint density at radius 3 is 2.73 bits per heavy atom. The molecule has 15 heavy (non-hydrogen) atoms. The Labute approximate surface area is 97.8 Å². The molecule has 2 aliphatic rings. The van der Waals surface area contributed by atoms with E-state index >= 15 is 0 Å². The summed E-state index contributed by atoms with van der Waals surface area (Å²) in [4.78, 5) is 13.7. The van der Waals surface area contributed by atoms with Crippen molar-refractivity contribution < 1.29 is 4.79 Å². The van der Waals surface area contributed by atoms with Gasteiger partial charge in [0, 0.05) is 25.6 Å². The quantitative estimate of drug-likeness (QED) is 0.783. The molecule has 2 rings (SSSR count). The first kappa shape index (κ1) is 12.8. The molecule has 1 unspecified atom stereocenters. The molecule has 1 saturated heterocycles. The molecule has 0 bridgehead atoms. The van der Waals surface area contributed by atoms with E-state index in [1.165, 1.54) is 6.42 Å². The molecule has 1 amide bonds. The lowest BCUT2D eigenvalue weighted by atomic mass is 9.98. The predicted octanol–water partition coefficient (Wildman–Crippen LogP) is 1.40. The van der Waals surface area contributed by atoms with Gasteiger partial charge in [0.15, 0.2) is 0 Å². The van der Waals surface area contributed by atoms with Crippen LogP contribution in [0.5, 0.6) is 0 Å². The zero-order valence-electron chi connectivity index (χ0n) is 9.32. The van der Waals surface area contributed by atoms with Crippen LogP contribution in [0.25, 0.3) is 0 Å². The molecule has 0 radical (unpaired) electrons. The summed E-state index contributed by atoms with van der Waals surface area (Å²) >= 11 is 0. The molecule has 2 N–H and O–H groups in total. The number of carbonyl (C=O) groups is 1. The van der Waals surface area contributed by atoms with E-state index in [1.54, 1.807) is 0 Å². The molecule has 4 heteroatoms. The number of fused-ring (bicyclic) bond motifs is 1. The number of carbonyl (C=O) groups excluding carboxylic acids is 1. The van der Waals surface area contributed by atoms with E-state index in [0.717, 1.165) is 25.9 Å². The molecule has 1 aliphatic carbocycles. The molecule has 1 aliphatic heterocycles. The number of hydrogen-bond acceptors (Lipinski definition) is 2. The molecule has 0 aromatic rings. The van der Waals surface area contributed by atoms with E-state index in [-0.39, 0.29) is 12.4 Å². The van der Waals surface area contributed by atoms with E-state index in [9.17, 15) is 4.79 Å². The van der Waals surface area contributed by atoms with Crippen LogP contribution in [0.15, 0.2) is 0 Å². The molecule has 3 atom stereocenters. The Hall–Kier alpha value is -0.280. The third kappa shape index (κ3) is 2.45. The second-order valence-electron chi connectivity index (χ2n) is 4.71. The molecule has 3 nitrogen and oxygen atoms in total. The monoisotopic (exact) mass is 232 g/mol. The van der Waals surface area contributed by atoms with Crippen LogP contribution in [0.4, 0.5) is 0 Å². The predicted molar refractivity (Wildman–Crippen MR) is 62.9 cm³/mol.